The topological polar surface area (TPSA) is 107 Å². The Labute approximate surface area is 162 Å². The first-order valence-corrected chi connectivity index (χ1v) is 9.12. The second-order valence-corrected chi connectivity index (χ2v) is 6.74. The summed E-state index contributed by atoms with van der Waals surface area (Å²) in [5.41, 5.74) is 1.80. The zero-order valence-electron chi connectivity index (χ0n) is 16.0. The van der Waals surface area contributed by atoms with Crippen molar-refractivity contribution in [2.45, 2.75) is 26.9 Å². The van der Waals surface area contributed by atoms with E-state index in [1.54, 1.807) is 16.8 Å². The van der Waals surface area contributed by atoms with Gasteiger partial charge < -0.3 is 19.8 Å². The normalized spacial score (nSPS) is 16.9. The molecule has 2 N–H and O–H groups in total. The van der Waals surface area contributed by atoms with Gasteiger partial charge in [0.2, 0.25) is 0 Å². The van der Waals surface area contributed by atoms with Gasteiger partial charge in [-0.3, -0.25) is 4.79 Å². The average molecular weight is 382 g/mol. The van der Waals surface area contributed by atoms with E-state index in [0.717, 1.165) is 23.7 Å². The SMILES string of the molecule is Cc1cc(C)n(-c2cc(NC(=O)C3CNCCO3)nc(-c3ccc(C)o3)n2)n1. The molecule has 146 valence electrons. The lowest BCUT2D eigenvalue weighted by atomic mass is 10.3. The molecular weight excluding hydrogens is 360 g/mol. The molecular formula is C19H22N6O3. The molecule has 0 bridgehead atoms. The molecule has 0 aromatic carbocycles. The van der Waals surface area contributed by atoms with Crippen LogP contribution < -0.4 is 10.6 Å². The fourth-order valence-electron chi connectivity index (χ4n) is 3.07. The summed E-state index contributed by atoms with van der Waals surface area (Å²) in [4.78, 5) is 21.6. The first kappa shape index (κ1) is 18.3. The summed E-state index contributed by atoms with van der Waals surface area (Å²) in [5, 5.41) is 10.4. The Morgan fingerprint density at radius 3 is 2.75 bits per heavy atom. The number of aromatic nitrogens is 4. The monoisotopic (exact) mass is 382 g/mol. The standard InChI is InChI=1S/C19H22N6O3/c1-11-8-12(2)25(24-11)17-9-16(22-19(26)15-10-20-6-7-27-15)21-18(23-17)14-5-4-13(3)28-14/h4-5,8-9,15,20H,6-7,10H2,1-3H3,(H,21,22,23,26). The first-order chi connectivity index (χ1) is 13.5. The van der Waals surface area contributed by atoms with Crippen LogP contribution in [0.25, 0.3) is 17.4 Å². The Kier molecular flexibility index (Phi) is 4.93. The molecule has 9 nitrogen and oxygen atoms in total. The summed E-state index contributed by atoms with van der Waals surface area (Å²) >= 11 is 0. The zero-order valence-corrected chi connectivity index (χ0v) is 16.0. The van der Waals surface area contributed by atoms with Crippen molar-refractivity contribution in [1.29, 1.82) is 0 Å². The minimum absolute atomic E-state index is 0.258. The number of furan rings is 1. The highest BCUT2D eigenvalue weighted by Crippen LogP contribution is 2.23. The van der Waals surface area contributed by atoms with Crippen LogP contribution in [0.15, 0.2) is 28.7 Å². The predicted molar refractivity (Wildman–Crippen MR) is 102 cm³/mol. The van der Waals surface area contributed by atoms with E-state index in [9.17, 15) is 4.79 Å². The van der Waals surface area contributed by atoms with E-state index in [0.29, 0.717) is 36.4 Å². The number of amides is 1. The fourth-order valence-corrected chi connectivity index (χ4v) is 3.07. The molecule has 1 atom stereocenters. The van der Waals surface area contributed by atoms with Gasteiger partial charge in [-0.25, -0.2) is 14.6 Å². The van der Waals surface area contributed by atoms with Crippen molar-refractivity contribution in [2.75, 3.05) is 25.0 Å². The van der Waals surface area contributed by atoms with Gasteiger partial charge in [0.15, 0.2) is 17.4 Å². The van der Waals surface area contributed by atoms with Crippen LogP contribution in [0.2, 0.25) is 0 Å². The van der Waals surface area contributed by atoms with Crippen molar-refractivity contribution in [1.82, 2.24) is 25.1 Å². The summed E-state index contributed by atoms with van der Waals surface area (Å²) in [6, 6.07) is 7.29. The van der Waals surface area contributed by atoms with E-state index < -0.39 is 6.10 Å². The molecule has 0 aliphatic carbocycles. The van der Waals surface area contributed by atoms with Crippen LogP contribution in [0.3, 0.4) is 0 Å². The van der Waals surface area contributed by atoms with Gasteiger partial charge in [0, 0.05) is 24.8 Å². The summed E-state index contributed by atoms with van der Waals surface area (Å²) < 4.78 is 12.9. The molecule has 0 spiro atoms. The van der Waals surface area contributed by atoms with Crippen LogP contribution in [0.4, 0.5) is 5.82 Å². The van der Waals surface area contributed by atoms with Gasteiger partial charge >= 0.3 is 0 Å². The molecule has 28 heavy (non-hydrogen) atoms. The smallest absolute Gasteiger partial charge is 0.255 e. The van der Waals surface area contributed by atoms with E-state index in [1.165, 1.54) is 0 Å². The molecule has 0 radical (unpaired) electrons. The third-order valence-corrected chi connectivity index (χ3v) is 4.37. The third-order valence-electron chi connectivity index (χ3n) is 4.37. The lowest BCUT2D eigenvalue weighted by Crippen LogP contribution is -2.45. The Hall–Kier alpha value is -3.04. The van der Waals surface area contributed by atoms with Crippen molar-refractivity contribution in [3.05, 3.63) is 41.4 Å². The van der Waals surface area contributed by atoms with Gasteiger partial charge in [-0.15, -0.1) is 0 Å². The molecule has 1 aliphatic rings. The Morgan fingerprint density at radius 2 is 2.11 bits per heavy atom. The van der Waals surface area contributed by atoms with E-state index in [-0.39, 0.29) is 5.91 Å². The predicted octanol–water partition coefficient (Wildman–Crippen LogP) is 1.77. The van der Waals surface area contributed by atoms with E-state index in [4.69, 9.17) is 9.15 Å². The number of nitrogens with one attached hydrogen (secondary N) is 2. The molecule has 1 aliphatic heterocycles. The van der Waals surface area contributed by atoms with Crippen molar-refractivity contribution in [3.8, 4) is 17.4 Å². The minimum Gasteiger partial charge on any atom is -0.458 e. The molecule has 9 heteroatoms. The van der Waals surface area contributed by atoms with Crippen LogP contribution in [0.1, 0.15) is 17.1 Å². The van der Waals surface area contributed by atoms with Crippen molar-refractivity contribution >= 4 is 11.7 Å². The van der Waals surface area contributed by atoms with E-state index in [2.05, 4.69) is 25.7 Å². The largest absolute Gasteiger partial charge is 0.458 e. The number of carbonyl (C=O) groups is 1. The molecule has 3 aromatic heterocycles. The quantitative estimate of drug-likeness (QED) is 0.708. The molecule has 1 amide bonds. The summed E-state index contributed by atoms with van der Waals surface area (Å²) in [6.07, 6.45) is -0.560. The number of morpholine rings is 1. The molecule has 0 saturated carbocycles. The van der Waals surface area contributed by atoms with Crippen LogP contribution in [-0.2, 0) is 9.53 Å². The number of rotatable bonds is 4. The highest BCUT2D eigenvalue weighted by molar-refractivity contribution is 5.94. The fraction of sp³-hybridized carbons (Fsp3) is 0.368. The number of aryl methyl sites for hydroxylation is 3. The van der Waals surface area contributed by atoms with Gasteiger partial charge in [-0.2, -0.15) is 5.10 Å². The zero-order chi connectivity index (χ0) is 19.7. The van der Waals surface area contributed by atoms with Crippen LogP contribution in [0, 0.1) is 20.8 Å². The number of ether oxygens (including phenoxy) is 1. The van der Waals surface area contributed by atoms with Crippen molar-refractivity contribution in [2.24, 2.45) is 0 Å². The maximum atomic E-state index is 12.6. The summed E-state index contributed by atoms with van der Waals surface area (Å²) in [5.74, 6) is 2.29. The van der Waals surface area contributed by atoms with Gasteiger partial charge in [0.1, 0.15) is 17.7 Å². The molecule has 4 rings (SSSR count). The third kappa shape index (κ3) is 3.80. The second-order valence-electron chi connectivity index (χ2n) is 6.74. The Balaban J connectivity index is 1.71. The van der Waals surface area contributed by atoms with Crippen LogP contribution in [-0.4, -0.2) is 51.5 Å². The van der Waals surface area contributed by atoms with Gasteiger partial charge in [-0.05, 0) is 39.0 Å². The van der Waals surface area contributed by atoms with Crippen LogP contribution >= 0.6 is 0 Å². The number of hydrogen-bond donors (Lipinski definition) is 2. The van der Waals surface area contributed by atoms with Gasteiger partial charge in [-0.1, -0.05) is 0 Å². The highest BCUT2D eigenvalue weighted by atomic mass is 16.5. The first-order valence-electron chi connectivity index (χ1n) is 9.12. The molecule has 3 aromatic rings. The molecule has 1 fully saturated rings. The second kappa shape index (κ2) is 7.53. The van der Waals surface area contributed by atoms with Gasteiger partial charge in [0.05, 0.1) is 12.3 Å². The molecule has 1 unspecified atom stereocenters. The highest BCUT2D eigenvalue weighted by Gasteiger charge is 2.23. The number of anilines is 1. The Bertz CT molecular complexity index is 1000. The number of nitrogens with zero attached hydrogens (tertiary/aromatic N) is 4. The lowest BCUT2D eigenvalue weighted by molar-refractivity contribution is -0.128. The van der Waals surface area contributed by atoms with Crippen molar-refractivity contribution < 1.29 is 13.9 Å². The number of carbonyl (C=O) groups excluding carboxylic acids is 1. The maximum Gasteiger partial charge on any atom is 0.255 e. The van der Waals surface area contributed by atoms with Gasteiger partial charge in [0.25, 0.3) is 5.91 Å². The average Bonchev–Trinajstić information content (AvgIpc) is 3.27. The minimum atomic E-state index is -0.560. The van der Waals surface area contributed by atoms with Crippen LogP contribution in [0.5, 0.6) is 0 Å². The molecule has 1 saturated heterocycles. The van der Waals surface area contributed by atoms with Crippen molar-refractivity contribution in [3.63, 3.8) is 0 Å². The summed E-state index contributed by atoms with van der Waals surface area (Å²) in [6.45, 7) is 7.41. The Morgan fingerprint density at radius 1 is 1.25 bits per heavy atom. The molecule has 4 heterocycles. The lowest BCUT2D eigenvalue weighted by Gasteiger charge is -2.22. The maximum absolute atomic E-state index is 12.6. The number of hydrogen-bond acceptors (Lipinski definition) is 7. The summed E-state index contributed by atoms with van der Waals surface area (Å²) in [7, 11) is 0. The van der Waals surface area contributed by atoms with E-state index >= 15 is 0 Å². The van der Waals surface area contributed by atoms with E-state index in [1.807, 2.05) is 32.9 Å².